The summed E-state index contributed by atoms with van der Waals surface area (Å²) >= 11 is 1.67. The van der Waals surface area contributed by atoms with Crippen molar-refractivity contribution in [3.63, 3.8) is 0 Å². The van der Waals surface area contributed by atoms with Crippen molar-refractivity contribution in [1.29, 1.82) is 0 Å². The van der Waals surface area contributed by atoms with Crippen LogP contribution >= 0.6 is 11.3 Å². The van der Waals surface area contributed by atoms with Crippen LogP contribution in [0.15, 0.2) is 40.5 Å². The Hall–Kier alpha value is -2.51. The van der Waals surface area contributed by atoms with Gasteiger partial charge >= 0.3 is 0 Å². The Kier molecular flexibility index (Phi) is 5.28. The van der Waals surface area contributed by atoms with E-state index >= 15 is 0 Å². The molecule has 6 nitrogen and oxygen atoms in total. The fraction of sp³-hybridized carbons (Fsp3) is 0.381. The second-order valence-corrected chi connectivity index (χ2v) is 8.25. The number of carbonyl (C=O) groups excluding carboxylic acids is 1. The van der Waals surface area contributed by atoms with Gasteiger partial charge in [-0.2, -0.15) is 0 Å². The van der Waals surface area contributed by atoms with E-state index in [9.17, 15) is 14.7 Å². The number of fused-ring (bicyclic) bond motifs is 1. The van der Waals surface area contributed by atoms with Crippen molar-refractivity contribution in [2.45, 2.75) is 38.2 Å². The second-order valence-electron chi connectivity index (χ2n) is 7.30. The van der Waals surface area contributed by atoms with Crippen molar-refractivity contribution in [1.82, 2.24) is 14.9 Å². The van der Waals surface area contributed by atoms with Gasteiger partial charge in [-0.3, -0.25) is 9.59 Å². The summed E-state index contributed by atoms with van der Waals surface area (Å²) in [5.41, 5.74) is 2.73. The second kappa shape index (κ2) is 7.85. The number of thiophene rings is 1. The van der Waals surface area contributed by atoms with Crippen LogP contribution < -0.4 is 5.56 Å². The Morgan fingerprint density at radius 1 is 1.36 bits per heavy atom. The Balaban J connectivity index is 1.39. The Labute approximate surface area is 166 Å². The first kappa shape index (κ1) is 18.8. The molecule has 1 fully saturated rings. The molecular formula is C21H23N3O3S. The van der Waals surface area contributed by atoms with Crippen molar-refractivity contribution in [3.8, 4) is 0 Å². The number of para-hydroxylation sites is 2. The van der Waals surface area contributed by atoms with E-state index in [0.717, 1.165) is 6.42 Å². The molecule has 0 radical (unpaired) electrons. The molecule has 3 aromatic rings. The summed E-state index contributed by atoms with van der Waals surface area (Å²) in [6.45, 7) is 3.02. The largest absolute Gasteiger partial charge is 0.391 e. The van der Waals surface area contributed by atoms with Gasteiger partial charge in [-0.1, -0.05) is 12.1 Å². The summed E-state index contributed by atoms with van der Waals surface area (Å²) in [4.78, 5) is 35.0. The van der Waals surface area contributed by atoms with Gasteiger partial charge in [0.2, 0.25) is 5.91 Å². The van der Waals surface area contributed by atoms with Gasteiger partial charge < -0.3 is 15.0 Å². The van der Waals surface area contributed by atoms with Gasteiger partial charge in [-0.15, -0.1) is 11.3 Å². The van der Waals surface area contributed by atoms with Crippen molar-refractivity contribution in [3.05, 3.63) is 62.2 Å². The molecule has 1 saturated heterocycles. The van der Waals surface area contributed by atoms with E-state index in [1.165, 1.54) is 10.4 Å². The van der Waals surface area contributed by atoms with E-state index in [0.29, 0.717) is 36.2 Å². The number of rotatable bonds is 4. The number of nitrogens with zero attached hydrogens (tertiary/aromatic N) is 2. The smallest absolute Gasteiger partial charge is 0.270 e. The number of β-amino-alcohol motifs (C(OH)–C–C–N with tert-alkyl or cyclic N) is 1. The lowest BCUT2D eigenvalue weighted by atomic mass is 9.90. The molecule has 2 N–H and O–H groups in total. The van der Waals surface area contributed by atoms with E-state index in [1.54, 1.807) is 22.3 Å². The van der Waals surface area contributed by atoms with Crippen LogP contribution in [0.4, 0.5) is 0 Å². The Morgan fingerprint density at radius 3 is 2.93 bits per heavy atom. The molecule has 146 valence electrons. The predicted octanol–water partition coefficient (Wildman–Crippen LogP) is 2.60. The molecule has 7 heteroatoms. The molecule has 0 bridgehead atoms. The predicted molar refractivity (Wildman–Crippen MR) is 110 cm³/mol. The molecule has 1 amide bonds. The minimum atomic E-state index is -0.558. The molecule has 4 rings (SSSR count). The minimum absolute atomic E-state index is 0.0465. The lowest BCUT2D eigenvalue weighted by molar-refractivity contribution is -0.134. The normalized spacial score (nSPS) is 19.9. The number of aromatic amines is 1. The fourth-order valence-corrected chi connectivity index (χ4v) is 4.97. The number of piperidine rings is 1. The summed E-state index contributed by atoms with van der Waals surface area (Å²) in [7, 11) is 0. The van der Waals surface area contributed by atoms with Crippen LogP contribution in [0.3, 0.4) is 0 Å². The van der Waals surface area contributed by atoms with E-state index < -0.39 is 6.10 Å². The molecule has 0 aliphatic carbocycles. The van der Waals surface area contributed by atoms with Gasteiger partial charge in [0.15, 0.2) is 0 Å². The van der Waals surface area contributed by atoms with Crippen LogP contribution in [0.2, 0.25) is 0 Å². The van der Waals surface area contributed by atoms with Crippen LogP contribution in [0, 0.1) is 6.92 Å². The monoisotopic (exact) mass is 397 g/mol. The zero-order valence-electron chi connectivity index (χ0n) is 15.7. The molecule has 1 aliphatic heterocycles. The van der Waals surface area contributed by atoms with E-state index in [2.05, 4.69) is 23.0 Å². The molecule has 28 heavy (non-hydrogen) atoms. The highest BCUT2D eigenvalue weighted by Gasteiger charge is 2.32. The number of nitrogens with one attached hydrogen (secondary N) is 1. The van der Waals surface area contributed by atoms with Crippen molar-refractivity contribution in [2.75, 3.05) is 13.1 Å². The first-order valence-electron chi connectivity index (χ1n) is 9.50. The molecule has 0 spiro atoms. The van der Waals surface area contributed by atoms with E-state index in [1.807, 2.05) is 23.6 Å². The average Bonchev–Trinajstić information content (AvgIpc) is 3.11. The number of amides is 1. The minimum Gasteiger partial charge on any atom is -0.391 e. The molecule has 2 atom stereocenters. The SMILES string of the molecule is Cc1ccsc1[C@@H]1CCN(C(=O)CCc2nc3ccccc3[nH]c2=O)C[C@H]1O. The van der Waals surface area contributed by atoms with Crippen molar-refractivity contribution in [2.24, 2.45) is 0 Å². The summed E-state index contributed by atoms with van der Waals surface area (Å²) in [5, 5.41) is 12.6. The maximum absolute atomic E-state index is 12.6. The average molecular weight is 398 g/mol. The third kappa shape index (κ3) is 3.72. The molecule has 1 aliphatic rings. The molecule has 1 aromatic carbocycles. The van der Waals surface area contributed by atoms with Gasteiger partial charge in [-0.25, -0.2) is 4.98 Å². The van der Waals surface area contributed by atoms with Crippen LogP contribution in [0.1, 0.15) is 34.9 Å². The van der Waals surface area contributed by atoms with Gasteiger partial charge in [0, 0.05) is 36.7 Å². The highest BCUT2D eigenvalue weighted by Crippen LogP contribution is 2.34. The number of aromatic nitrogens is 2. The topological polar surface area (TPSA) is 86.3 Å². The zero-order chi connectivity index (χ0) is 19.7. The zero-order valence-corrected chi connectivity index (χ0v) is 16.5. The quantitative estimate of drug-likeness (QED) is 0.709. The number of hydrogen-bond acceptors (Lipinski definition) is 5. The lowest BCUT2D eigenvalue weighted by Crippen LogP contribution is -2.45. The Morgan fingerprint density at radius 2 is 2.18 bits per heavy atom. The summed E-state index contributed by atoms with van der Waals surface area (Å²) in [6, 6.07) is 9.42. The number of aliphatic hydroxyl groups is 1. The van der Waals surface area contributed by atoms with Crippen LogP contribution in [-0.4, -0.2) is 45.1 Å². The molecule has 0 unspecified atom stereocenters. The molecule has 3 heterocycles. The first-order chi connectivity index (χ1) is 13.5. The standard InChI is InChI=1S/C21H23N3O3S/c1-13-9-11-28-20(13)14-8-10-24(12-18(14)25)19(26)7-6-17-21(27)23-16-5-3-2-4-15(16)22-17/h2-5,9,11,14,18,25H,6-8,10,12H2,1H3,(H,23,27)/t14-,18-/m1/s1. The third-order valence-corrected chi connectivity index (χ3v) is 6.57. The third-order valence-electron chi connectivity index (χ3n) is 5.42. The number of carbonyl (C=O) groups is 1. The van der Waals surface area contributed by atoms with Crippen molar-refractivity contribution < 1.29 is 9.90 Å². The van der Waals surface area contributed by atoms with Gasteiger partial charge in [0.25, 0.3) is 5.56 Å². The highest BCUT2D eigenvalue weighted by atomic mass is 32.1. The van der Waals surface area contributed by atoms with Crippen LogP contribution in [0.25, 0.3) is 11.0 Å². The van der Waals surface area contributed by atoms with Crippen molar-refractivity contribution >= 4 is 28.3 Å². The van der Waals surface area contributed by atoms with E-state index in [-0.39, 0.29) is 23.8 Å². The molecular weight excluding hydrogens is 374 g/mol. The van der Waals surface area contributed by atoms with Crippen LogP contribution in [0.5, 0.6) is 0 Å². The fourth-order valence-electron chi connectivity index (χ4n) is 3.85. The lowest BCUT2D eigenvalue weighted by Gasteiger charge is -2.36. The first-order valence-corrected chi connectivity index (χ1v) is 10.4. The number of H-pyrrole nitrogens is 1. The maximum Gasteiger partial charge on any atom is 0.270 e. The van der Waals surface area contributed by atoms with Gasteiger partial charge in [0.1, 0.15) is 5.69 Å². The maximum atomic E-state index is 12.6. The molecule has 0 saturated carbocycles. The summed E-state index contributed by atoms with van der Waals surface area (Å²) in [5.74, 6) is 0.0452. The number of benzene rings is 1. The van der Waals surface area contributed by atoms with E-state index in [4.69, 9.17) is 0 Å². The summed E-state index contributed by atoms with van der Waals surface area (Å²) < 4.78 is 0. The highest BCUT2D eigenvalue weighted by molar-refractivity contribution is 7.10. The summed E-state index contributed by atoms with van der Waals surface area (Å²) in [6.07, 6.45) is 0.698. The number of aliphatic hydroxyl groups excluding tert-OH is 1. The van der Waals surface area contributed by atoms with Crippen LogP contribution in [-0.2, 0) is 11.2 Å². The van der Waals surface area contributed by atoms with Gasteiger partial charge in [-0.05, 0) is 42.5 Å². The Bertz CT molecular complexity index is 1060. The molecule has 2 aromatic heterocycles. The number of likely N-dealkylation sites (tertiary alicyclic amines) is 1. The number of aryl methyl sites for hydroxylation is 2. The number of hydrogen-bond donors (Lipinski definition) is 2. The van der Waals surface area contributed by atoms with Gasteiger partial charge in [0.05, 0.1) is 17.1 Å².